The minimum atomic E-state index is -0.431. The lowest BCUT2D eigenvalue weighted by Gasteiger charge is -2.10. The van der Waals surface area contributed by atoms with E-state index >= 15 is 0 Å². The molecule has 0 fully saturated rings. The highest BCUT2D eigenvalue weighted by atomic mass is 35.5. The monoisotopic (exact) mass is 276 g/mol. The first-order valence-corrected chi connectivity index (χ1v) is 5.85. The van der Waals surface area contributed by atoms with Crippen LogP contribution in [0.1, 0.15) is 11.1 Å². The minimum Gasteiger partial charge on any atom is -0.487 e. The Morgan fingerprint density at radius 3 is 2.74 bits per heavy atom. The van der Waals surface area contributed by atoms with Crippen molar-refractivity contribution in [2.24, 2.45) is 0 Å². The van der Waals surface area contributed by atoms with Gasteiger partial charge in [-0.2, -0.15) is 5.26 Å². The molecule has 3 nitrogen and oxygen atoms in total. The van der Waals surface area contributed by atoms with Crippen molar-refractivity contribution in [2.45, 2.75) is 6.61 Å². The van der Waals surface area contributed by atoms with E-state index in [0.717, 1.165) is 0 Å². The number of benzene rings is 2. The van der Waals surface area contributed by atoms with Gasteiger partial charge in [0.15, 0.2) is 0 Å². The molecule has 0 aliphatic carbocycles. The van der Waals surface area contributed by atoms with E-state index in [1.807, 2.05) is 6.07 Å². The van der Waals surface area contributed by atoms with Gasteiger partial charge in [0, 0.05) is 5.56 Å². The zero-order valence-electron chi connectivity index (χ0n) is 9.86. The largest absolute Gasteiger partial charge is 0.487 e. The van der Waals surface area contributed by atoms with Gasteiger partial charge in [0.25, 0.3) is 0 Å². The molecule has 5 heteroatoms. The Morgan fingerprint density at radius 1 is 1.32 bits per heavy atom. The molecular formula is C14H10ClFN2O. The fraction of sp³-hybridized carbons (Fsp3) is 0.0714. The van der Waals surface area contributed by atoms with Crippen LogP contribution in [0.4, 0.5) is 10.1 Å². The van der Waals surface area contributed by atoms with Crippen LogP contribution in [0.5, 0.6) is 5.75 Å². The molecular weight excluding hydrogens is 267 g/mol. The van der Waals surface area contributed by atoms with E-state index in [4.69, 9.17) is 27.3 Å². The first kappa shape index (κ1) is 13.2. The van der Waals surface area contributed by atoms with Crippen LogP contribution >= 0.6 is 11.6 Å². The smallest absolute Gasteiger partial charge is 0.142 e. The van der Waals surface area contributed by atoms with Gasteiger partial charge in [-0.15, -0.1) is 0 Å². The molecule has 2 N–H and O–H groups in total. The third-order valence-electron chi connectivity index (χ3n) is 2.57. The number of ether oxygens (including phenoxy) is 1. The Morgan fingerprint density at radius 2 is 2.11 bits per heavy atom. The average molecular weight is 277 g/mol. The first-order chi connectivity index (χ1) is 9.11. The number of nitrogens with two attached hydrogens (primary N) is 1. The van der Waals surface area contributed by atoms with E-state index in [1.54, 1.807) is 18.2 Å². The number of halogens is 2. The van der Waals surface area contributed by atoms with E-state index in [2.05, 4.69) is 0 Å². The Balaban J connectivity index is 2.17. The summed E-state index contributed by atoms with van der Waals surface area (Å²) in [6.45, 7) is -0.0262. The van der Waals surface area contributed by atoms with Gasteiger partial charge in [0.1, 0.15) is 18.2 Å². The normalized spacial score (nSPS) is 9.95. The highest BCUT2D eigenvalue weighted by molar-refractivity contribution is 6.31. The first-order valence-electron chi connectivity index (χ1n) is 5.47. The molecule has 0 amide bonds. The fourth-order valence-corrected chi connectivity index (χ4v) is 1.79. The Hall–Kier alpha value is -2.25. The summed E-state index contributed by atoms with van der Waals surface area (Å²) in [4.78, 5) is 0. The Bertz CT molecular complexity index is 632. The second kappa shape index (κ2) is 5.59. The van der Waals surface area contributed by atoms with Crippen molar-refractivity contribution in [3.05, 3.63) is 58.4 Å². The molecule has 0 bridgehead atoms. The standard InChI is InChI=1S/C14H10ClFN2O/c15-11-2-1-3-12(16)10(11)8-19-14-5-4-9(7-17)6-13(14)18/h1-6H,8,18H2. The molecule has 0 unspecified atom stereocenters. The highest BCUT2D eigenvalue weighted by Crippen LogP contribution is 2.25. The van der Waals surface area contributed by atoms with Gasteiger partial charge in [0.2, 0.25) is 0 Å². The number of rotatable bonds is 3. The molecule has 19 heavy (non-hydrogen) atoms. The summed E-state index contributed by atoms with van der Waals surface area (Å²) in [6.07, 6.45) is 0. The lowest BCUT2D eigenvalue weighted by atomic mass is 10.2. The maximum Gasteiger partial charge on any atom is 0.142 e. The molecule has 0 radical (unpaired) electrons. The van der Waals surface area contributed by atoms with E-state index in [9.17, 15) is 4.39 Å². The fourth-order valence-electron chi connectivity index (χ4n) is 1.57. The second-order valence-electron chi connectivity index (χ2n) is 3.85. The van der Waals surface area contributed by atoms with Gasteiger partial charge >= 0.3 is 0 Å². The lowest BCUT2D eigenvalue weighted by Crippen LogP contribution is -2.02. The van der Waals surface area contributed by atoms with Crippen molar-refractivity contribution in [1.29, 1.82) is 5.26 Å². The van der Waals surface area contributed by atoms with E-state index in [0.29, 0.717) is 22.0 Å². The molecule has 0 heterocycles. The van der Waals surface area contributed by atoms with Crippen LogP contribution in [-0.2, 0) is 6.61 Å². The van der Waals surface area contributed by atoms with Gasteiger partial charge in [0.05, 0.1) is 22.3 Å². The van der Waals surface area contributed by atoms with E-state index in [-0.39, 0.29) is 12.2 Å². The quantitative estimate of drug-likeness (QED) is 0.873. The summed E-state index contributed by atoms with van der Waals surface area (Å²) in [5, 5.41) is 9.02. The van der Waals surface area contributed by atoms with Gasteiger partial charge in [-0.05, 0) is 30.3 Å². The Kier molecular flexibility index (Phi) is 3.88. The number of nitrogens with zero attached hydrogens (tertiary/aromatic N) is 1. The van der Waals surface area contributed by atoms with Crippen molar-refractivity contribution in [2.75, 3.05) is 5.73 Å². The van der Waals surface area contributed by atoms with E-state index < -0.39 is 5.82 Å². The SMILES string of the molecule is N#Cc1ccc(OCc2c(F)cccc2Cl)c(N)c1. The number of hydrogen-bond donors (Lipinski definition) is 1. The summed E-state index contributed by atoms with van der Waals surface area (Å²) in [5.74, 6) is -0.0435. The third kappa shape index (κ3) is 2.95. The molecule has 96 valence electrons. The number of nitrogen functional groups attached to an aromatic ring is 1. The van der Waals surface area contributed by atoms with Crippen molar-refractivity contribution in [3.8, 4) is 11.8 Å². The number of nitriles is 1. The Labute approximate surface area is 115 Å². The van der Waals surface area contributed by atoms with Gasteiger partial charge < -0.3 is 10.5 Å². The van der Waals surface area contributed by atoms with Crippen molar-refractivity contribution >= 4 is 17.3 Å². The predicted molar refractivity (Wildman–Crippen MR) is 71.3 cm³/mol. The van der Waals surface area contributed by atoms with Crippen LogP contribution in [0.25, 0.3) is 0 Å². The maximum atomic E-state index is 13.5. The van der Waals surface area contributed by atoms with Crippen LogP contribution in [0.2, 0.25) is 5.02 Å². The summed E-state index contributed by atoms with van der Waals surface area (Å²) < 4.78 is 19.0. The highest BCUT2D eigenvalue weighted by Gasteiger charge is 2.09. The predicted octanol–water partition coefficient (Wildman–Crippen LogP) is 3.51. The summed E-state index contributed by atoms with van der Waals surface area (Å²) in [7, 11) is 0. The molecule has 2 aromatic rings. The van der Waals surface area contributed by atoms with Gasteiger partial charge in [-0.1, -0.05) is 17.7 Å². The number of hydrogen-bond acceptors (Lipinski definition) is 3. The van der Waals surface area contributed by atoms with Crippen LogP contribution in [0.3, 0.4) is 0 Å². The lowest BCUT2D eigenvalue weighted by molar-refractivity contribution is 0.301. The third-order valence-corrected chi connectivity index (χ3v) is 2.93. The van der Waals surface area contributed by atoms with Crippen LogP contribution in [0, 0.1) is 17.1 Å². The maximum absolute atomic E-state index is 13.5. The summed E-state index contributed by atoms with van der Waals surface area (Å²) >= 11 is 5.89. The zero-order chi connectivity index (χ0) is 13.8. The van der Waals surface area contributed by atoms with E-state index in [1.165, 1.54) is 18.2 Å². The van der Waals surface area contributed by atoms with Gasteiger partial charge in [-0.25, -0.2) is 4.39 Å². The molecule has 0 spiro atoms. The molecule has 0 aliphatic heterocycles. The molecule has 0 atom stereocenters. The zero-order valence-corrected chi connectivity index (χ0v) is 10.6. The van der Waals surface area contributed by atoms with Crippen molar-refractivity contribution in [1.82, 2.24) is 0 Å². The number of anilines is 1. The molecule has 2 aromatic carbocycles. The molecule has 0 aliphatic rings. The molecule has 0 saturated heterocycles. The second-order valence-corrected chi connectivity index (χ2v) is 4.26. The summed E-state index contributed by atoms with van der Waals surface area (Å²) in [5.41, 5.74) is 6.77. The van der Waals surface area contributed by atoms with Crippen LogP contribution in [0.15, 0.2) is 36.4 Å². The van der Waals surface area contributed by atoms with Crippen LogP contribution in [-0.4, -0.2) is 0 Å². The van der Waals surface area contributed by atoms with Crippen LogP contribution < -0.4 is 10.5 Å². The minimum absolute atomic E-state index is 0.0262. The van der Waals surface area contributed by atoms with Crippen molar-refractivity contribution < 1.29 is 9.13 Å². The average Bonchev–Trinajstić information content (AvgIpc) is 2.39. The van der Waals surface area contributed by atoms with Gasteiger partial charge in [-0.3, -0.25) is 0 Å². The van der Waals surface area contributed by atoms with Crippen molar-refractivity contribution in [3.63, 3.8) is 0 Å². The molecule has 2 rings (SSSR count). The topological polar surface area (TPSA) is 59.0 Å². The summed E-state index contributed by atoms with van der Waals surface area (Å²) in [6, 6.07) is 11.0. The molecule has 0 aromatic heterocycles. The molecule has 0 saturated carbocycles.